The van der Waals surface area contributed by atoms with E-state index in [1.165, 1.54) is 0 Å². The van der Waals surface area contributed by atoms with Crippen LogP contribution in [0.1, 0.15) is 33.6 Å². The minimum absolute atomic E-state index is 0.111. The predicted octanol–water partition coefficient (Wildman–Crippen LogP) is 2.63. The molecule has 0 aliphatic carbocycles. The van der Waals surface area contributed by atoms with Crippen molar-refractivity contribution >= 4 is 12.8 Å². The highest BCUT2D eigenvalue weighted by Gasteiger charge is 2.22. The van der Waals surface area contributed by atoms with E-state index in [1.807, 2.05) is 0 Å². The summed E-state index contributed by atoms with van der Waals surface area (Å²) in [5, 5.41) is 0. The summed E-state index contributed by atoms with van der Waals surface area (Å²) in [5.74, 6) is 0.381. The van der Waals surface area contributed by atoms with Crippen molar-refractivity contribution in [1.29, 1.82) is 0 Å². The summed E-state index contributed by atoms with van der Waals surface area (Å²) in [4.78, 5) is 24.5. The van der Waals surface area contributed by atoms with E-state index in [-0.39, 0.29) is 5.41 Å². The maximum absolute atomic E-state index is 10.7. The minimum atomic E-state index is 0.111. The lowest BCUT2D eigenvalue weighted by molar-refractivity contribution is -0.117. The molecular formula is C15H26N2O2. The highest BCUT2D eigenvalue weighted by molar-refractivity contribution is 5.49. The van der Waals surface area contributed by atoms with Gasteiger partial charge in [0.25, 0.3) is 0 Å². The Hall–Kier alpha value is -1.58. The molecule has 0 heterocycles. The first-order valence-corrected chi connectivity index (χ1v) is 6.55. The highest BCUT2D eigenvalue weighted by atomic mass is 16.1. The van der Waals surface area contributed by atoms with Gasteiger partial charge in [-0.25, -0.2) is 0 Å². The van der Waals surface area contributed by atoms with E-state index in [9.17, 15) is 9.59 Å². The van der Waals surface area contributed by atoms with Crippen LogP contribution in [0.5, 0.6) is 0 Å². The topological polar surface area (TPSA) is 40.6 Å². The molecule has 0 fully saturated rings. The second-order valence-corrected chi connectivity index (χ2v) is 5.73. The van der Waals surface area contributed by atoms with E-state index in [0.29, 0.717) is 19.0 Å². The number of nitrogens with zero attached hydrogens (tertiary/aromatic N) is 2. The molecule has 0 saturated heterocycles. The smallest absolute Gasteiger partial charge is 0.213 e. The molecule has 4 nitrogen and oxygen atoms in total. The highest BCUT2D eigenvalue weighted by Crippen LogP contribution is 2.29. The molecule has 0 aliphatic heterocycles. The van der Waals surface area contributed by atoms with Gasteiger partial charge >= 0.3 is 0 Å². The Morgan fingerprint density at radius 3 is 2.05 bits per heavy atom. The molecule has 0 aromatic carbocycles. The lowest BCUT2D eigenvalue weighted by Gasteiger charge is -2.30. The predicted molar refractivity (Wildman–Crippen MR) is 78.1 cm³/mol. The largest absolute Gasteiger partial charge is 0.322 e. The molecular weight excluding hydrogens is 240 g/mol. The zero-order valence-electron chi connectivity index (χ0n) is 12.3. The summed E-state index contributed by atoms with van der Waals surface area (Å²) in [6.45, 7) is 15.0. The minimum Gasteiger partial charge on any atom is -0.322 e. The Bertz CT molecular complexity index is 297. The Morgan fingerprint density at radius 1 is 1.11 bits per heavy atom. The first-order chi connectivity index (χ1) is 8.88. The average Bonchev–Trinajstić information content (AvgIpc) is 2.36. The summed E-state index contributed by atoms with van der Waals surface area (Å²) in [5.41, 5.74) is 0.111. The molecule has 0 rings (SSSR count). The van der Waals surface area contributed by atoms with Crippen molar-refractivity contribution in [3.8, 4) is 0 Å². The molecule has 4 heteroatoms. The van der Waals surface area contributed by atoms with Gasteiger partial charge in [0.1, 0.15) is 0 Å². The standard InChI is InChI=1S/C15H26N2O2/c1-6-16(12-18)9-8-15(4,5)10-14(3)11-17(7-2)13-19/h6-7,12-14H,1-2,8-11H2,3-5H3. The Balaban J connectivity index is 4.26. The van der Waals surface area contributed by atoms with Gasteiger partial charge in [-0.3, -0.25) is 9.59 Å². The van der Waals surface area contributed by atoms with Gasteiger partial charge in [-0.15, -0.1) is 0 Å². The van der Waals surface area contributed by atoms with Gasteiger partial charge < -0.3 is 9.80 Å². The van der Waals surface area contributed by atoms with Crippen LogP contribution < -0.4 is 0 Å². The number of rotatable bonds is 11. The van der Waals surface area contributed by atoms with Crippen LogP contribution in [0, 0.1) is 11.3 Å². The van der Waals surface area contributed by atoms with Gasteiger partial charge in [0.05, 0.1) is 0 Å². The summed E-state index contributed by atoms with van der Waals surface area (Å²) in [7, 11) is 0. The third-order valence-electron chi connectivity index (χ3n) is 3.21. The van der Waals surface area contributed by atoms with Crippen molar-refractivity contribution in [2.45, 2.75) is 33.6 Å². The quantitative estimate of drug-likeness (QED) is 0.539. The first kappa shape index (κ1) is 17.4. The maximum atomic E-state index is 10.7. The fourth-order valence-corrected chi connectivity index (χ4v) is 2.25. The second-order valence-electron chi connectivity index (χ2n) is 5.73. The number of amides is 2. The van der Waals surface area contributed by atoms with E-state index in [1.54, 1.807) is 22.2 Å². The van der Waals surface area contributed by atoms with Crippen LogP contribution in [-0.4, -0.2) is 35.7 Å². The fraction of sp³-hybridized carbons (Fsp3) is 0.600. The van der Waals surface area contributed by atoms with Crippen LogP contribution in [0.3, 0.4) is 0 Å². The number of carbonyl (C=O) groups excluding carboxylic acids is 2. The molecule has 0 radical (unpaired) electrons. The Kier molecular flexibility index (Phi) is 7.80. The molecule has 0 aromatic heterocycles. The Morgan fingerprint density at radius 2 is 1.63 bits per heavy atom. The molecule has 19 heavy (non-hydrogen) atoms. The summed E-state index contributed by atoms with van der Waals surface area (Å²) in [6.07, 6.45) is 6.55. The second kappa shape index (κ2) is 8.51. The van der Waals surface area contributed by atoms with Crippen LogP contribution >= 0.6 is 0 Å². The Labute approximate surface area is 116 Å². The molecule has 0 bridgehead atoms. The van der Waals surface area contributed by atoms with Crippen molar-refractivity contribution in [2.75, 3.05) is 13.1 Å². The molecule has 1 atom stereocenters. The van der Waals surface area contributed by atoms with Crippen molar-refractivity contribution in [2.24, 2.45) is 11.3 Å². The monoisotopic (exact) mass is 266 g/mol. The third-order valence-corrected chi connectivity index (χ3v) is 3.21. The van der Waals surface area contributed by atoms with Gasteiger partial charge in [0.2, 0.25) is 12.8 Å². The number of carbonyl (C=O) groups is 2. The summed E-state index contributed by atoms with van der Waals surface area (Å²) < 4.78 is 0. The summed E-state index contributed by atoms with van der Waals surface area (Å²) in [6, 6.07) is 0. The van der Waals surface area contributed by atoms with Crippen LogP contribution in [0.4, 0.5) is 0 Å². The van der Waals surface area contributed by atoms with Crippen LogP contribution in [0.15, 0.2) is 25.6 Å². The molecule has 0 aromatic rings. The molecule has 0 aliphatic rings. The van der Waals surface area contributed by atoms with Gasteiger partial charge in [0.15, 0.2) is 0 Å². The van der Waals surface area contributed by atoms with E-state index in [4.69, 9.17) is 0 Å². The zero-order valence-corrected chi connectivity index (χ0v) is 12.3. The van der Waals surface area contributed by atoms with Gasteiger partial charge in [-0.1, -0.05) is 33.9 Å². The van der Waals surface area contributed by atoms with Crippen molar-refractivity contribution < 1.29 is 9.59 Å². The summed E-state index contributed by atoms with van der Waals surface area (Å²) >= 11 is 0. The van der Waals surface area contributed by atoms with Crippen molar-refractivity contribution in [3.63, 3.8) is 0 Å². The molecule has 108 valence electrons. The first-order valence-electron chi connectivity index (χ1n) is 6.55. The molecule has 0 N–H and O–H groups in total. The lowest BCUT2D eigenvalue weighted by Crippen LogP contribution is -2.28. The third kappa shape index (κ3) is 7.44. The van der Waals surface area contributed by atoms with Gasteiger partial charge in [-0.2, -0.15) is 0 Å². The van der Waals surface area contributed by atoms with Crippen molar-refractivity contribution in [3.05, 3.63) is 25.6 Å². The SMILES string of the molecule is C=CN(C=O)CCC(C)(C)CC(C)CN(C=C)C=O. The van der Waals surface area contributed by atoms with E-state index in [0.717, 1.165) is 25.7 Å². The molecule has 0 spiro atoms. The normalized spacial score (nSPS) is 12.4. The molecule has 2 amide bonds. The van der Waals surface area contributed by atoms with Gasteiger partial charge in [0, 0.05) is 13.1 Å². The molecule has 0 saturated carbocycles. The maximum Gasteiger partial charge on any atom is 0.213 e. The zero-order chi connectivity index (χ0) is 14.9. The fourth-order valence-electron chi connectivity index (χ4n) is 2.25. The van der Waals surface area contributed by atoms with Crippen LogP contribution in [0.25, 0.3) is 0 Å². The lowest BCUT2D eigenvalue weighted by atomic mass is 9.80. The number of hydrogen-bond donors (Lipinski definition) is 0. The number of hydrogen-bond acceptors (Lipinski definition) is 2. The molecule has 1 unspecified atom stereocenters. The van der Waals surface area contributed by atoms with Gasteiger partial charge in [-0.05, 0) is 36.6 Å². The van der Waals surface area contributed by atoms with Crippen LogP contribution in [-0.2, 0) is 9.59 Å². The average molecular weight is 266 g/mol. The van der Waals surface area contributed by atoms with E-state index in [2.05, 4.69) is 33.9 Å². The van der Waals surface area contributed by atoms with E-state index >= 15 is 0 Å². The van der Waals surface area contributed by atoms with Crippen molar-refractivity contribution in [1.82, 2.24) is 9.80 Å². The van der Waals surface area contributed by atoms with E-state index < -0.39 is 0 Å². The van der Waals surface area contributed by atoms with Crippen LogP contribution in [0.2, 0.25) is 0 Å².